The molecule has 4 heterocycles. The number of carbonyl (C=O) groups is 3. The molecule has 12 nitrogen and oxygen atoms in total. The monoisotopic (exact) mass is 568 g/mol. The van der Waals surface area contributed by atoms with Crippen molar-refractivity contribution in [2.24, 2.45) is 0 Å². The van der Waals surface area contributed by atoms with E-state index in [4.69, 9.17) is 14.2 Å². The Kier molecular flexibility index (Phi) is 7.41. The smallest absolute Gasteiger partial charge is 0.258 e. The highest BCUT2D eigenvalue weighted by molar-refractivity contribution is 5.98. The molecule has 0 unspecified atom stereocenters. The Bertz CT molecular complexity index is 1610. The maximum Gasteiger partial charge on any atom is 0.258 e. The van der Waals surface area contributed by atoms with Crippen LogP contribution < -0.4 is 24.8 Å². The van der Waals surface area contributed by atoms with E-state index in [1.807, 2.05) is 18.2 Å². The zero-order valence-corrected chi connectivity index (χ0v) is 22.7. The lowest BCUT2D eigenvalue weighted by Gasteiger charge is -2.21. The van der Waals surface area contributed by atoms with E-state index in [9.17, 15) is 14.4 Å². The van der Waals surface area contributed by atoms with Gasteiger partial charge in [0.2, 0.25) is 0 Å². The van der Waals surface area contributed by atoms with E-state index < -0.39 is 12.1 Å². The van der Waals surface area contributed by atoms with E-state index in [0.717, 1.165) is 5.56 Å². The van der Waals surface area contributed by atoms with Crippen LogP contribution in [0.3, 0.4) is 0 Å². The van der Waals surface area contributed by atoms with Gasteiger partial charge in [-0.15, -0.1) is 0 Å². The van der Waals surface area contributed by atoms with E-state index in [-0.39, 0.29) is 43.2 Å². The van der Waals surface area contributed by atoms with Crippen LogP contribution in [0, 0.1) is 0 Å². The molecule has 7 rings (SSSR count). The van der Waals surface area contributed by atoms with Gasteiger partial charge in [-0.2, -0.15) is 5.10 Å². The Labute approximate surface area is 241 Å². The van der Waals surface area contributed by atoms with Gasteiger partial charge in [0.15, 0.2) is 18.1 Å². The molecule has 0 saturated carbocycles. The first kappa shape index (κ1) is 26.8. The van der Waals surface area contributed by atoms with Gasteiger partial charge in [-0.25, -0.2) is 9.67 Å². The molecule has 12 heteroatoms. The van der Waals surface area contributed by atoms with Crippen LogP contribution in [0.5, 0.6) is 17.2 Å². The molecule has 3 amide bonds. The first-order valence-corrected chi connectivity index (χ1v) is 13.4. The van der Waals surface area contributed by atoms with Crippen molar-refractivity contribution in [3.05, 3.63) is 96.1 Å². The van der Waals surface area contributed by atoms with Gasteiger partial charge in [0.25, 0.3) is 17.7 Å². The van der Waals surface area contributed by atoms with E-state index >= 15 is 0 Å². The highest BCUT2D eigenvalue weighted by Crippen LogP contribution is 2.29. The fraction of sp³-hybridized carbons (Fsp3) is 0.233. The first-order chi connectivity index (χ1) is 20.5. The Morgan fingerprint density at radius 3 is 2.67 bits per heavy atom. The van der Waals surface area contributed by atoms with Crippen LogP contribution in [0.25, 0.3) is 5.69 Å². The summed E-state index contributed by atoms with van der Waals surface area (Å²) in [4.78, 5) is 45.3. The van der Waals surface area contributed by atoms with E-state index in [1.54, 1.807) is 52.0 Å². The number of hydrogen-bond donors (Lipinski definition) is 2. The normalized spacial score (nSPS) is 18.6. The maximum absolute atomic E-state index is 13.8. The minimum atomic E-state index is -0.536. The summed E-state index contributed by atoms with van der Waals surface area (Å²) < 4.78 is 18.9. The number of carbonyl (C=O) groups excluding carboxylic acids is 3. The molecule has 2 atom stereocenters. The topological polar surface area (TPSA) is 137 Å². The number of rotatable bonds is 3. The van der Waals surface area contributed by atoms with Crippen molar-refractivity contribution in [1.29, 1.82) is 0 Å². The van der Waals surface area contributed by atoms with Crippen LogP contribution in [0.15, 0.2) is 79.4 Å². The number of methoxy groups -OCH3 is 1. The lowest BCUT2D eigenvalue weighted by molar-refractivity contribution is -0.123. The molecule has 0 radical (unpaired) electrons. The zero-order chi connectivity index (χ0) is 29.1. The molecule has 1 saturated heterocycles. The summed E-state index contributed by atoms with van der Waals surface area (Å²) in [5.41, 5.74) is 2.23. The minimum absolute atomic E-state index is 0.219. The van der Waals surface area contributed by atoms with Crippen molar-refractivity contribution in [2.45, 2.75) is 18.7 Å². The molecule has 4 bridgehead atoms. The SMILES string of the molecule is COc1ccc2cc1OCC(=O)NCc1ccc(cc1)O[C@H]1CN(C(=O)c3ccccc3-n3cncn3)C[C@@H]1NC2=O. The van der Waals surface area contributed by atoms with Gasteiger partial charge in [0.1, 0.15) is 24.5 Å². The molecular weight excluding hydrogens is 540 g/mol. The Hall–Kier alpha value is -5.39. The molecule has 1 aromatic heterocycles. The predicted molar refractivity (Wildman–Crippen MR) is 150 cm³/mol. The largest absolute Gasteiger partial charge is 0.493 e. The second-order valence-electron chi connectivity index (χ2n) is 9.88. The summed E-state index contributed by atoms with van der Waals surface area (Å²) >= 11 is 0. The predicted octanol–water partition coefficient (Wildman–Crippen LogP) is 1.99. The second-order valence-corrected chi connectivity index (χ2v) is 9.88. The number of para-hydroxylation sites is 1. The minimum Gasteiger partial charge on any atom is -0.493 e. The highest BCUT2D eigenvalue weighted by atomic mass is 16.5. The Morgan fingerprint density at radius 2 is 1.88 bits per heavy atom. The molecular formula is C30H28N6O6. The van der Waals surface area contributed by atoms with Crippen molar-refractivity contribution in [2.75, 3.05) is 26.8 Å². The average molecular weight is 569 g/mol. The van der Waals surface area contributed by atoms with Crippen LogP contribution in [0.4, 0.5) is 0 Å². The molecule has 42 heavy (non-hydrogen) atoms. The van der Waals surface area contributed by atoms with Gasteiger partial charge < -0.3 is 29.7 Å². The third kappa shape index (κ3) is 5.59. The first-order valence-electron chi connectivity index (χ1n) is 13.4. The zero-order valence-electron chi connectivity index (χ0n) is 22.7. The van der Waals surface area contributed by atoms with Crippen LogP contribution in [0.1, 0.15) is 26.3 Å². The van der Waals surface area contributed by atoms with Gasteiger partial charge in [0.05, 0.1) is 30.9 Å². The van der Waals surface area contributed by atoms with Gasteiger partial charge >= 0.3 is 0 Å². The Balaban J connectivity index is 1.31. The molecule has 0 spiro atoms. The number of nitrogens with one attached hydrogen (secondary N) is 2. The molecule has 3 aliphatic heterocycles. The third-order valence-corrected chi connectivity index (χ3v) is 7.16. The van der Waals surface area contributed by atoms with Crippen LogP contribution >= 0.6 is 0 Å². The van der Waals surface area contributed by atoms with Crippen molar-refractivity contribution in [3.63, 3.8) is 0 Å². The number of ether oxygens (including phenoxy) is 3. The maximum atomic E-state index is 13.8. The quantitative estimate of drug-likeness (QED) is 0.383. The van der Waals surface area contributed by atoms with Gasteiger partial charge in [-0.3, -0.25) is 14.4 Å². The summed E-state index contributed by atoms with van der Waals surface area (Å²) in [6.07, 6.45) is 2.41. The molecule has 4 aromatic rings. The van der Waals surface area contributed by atoms with Gasteiger partial charge in [-0.1, -0.05) is 24.3 Å². The summed E-state index contributed by atoms with van der Waals surface area (Å²) in [6.45, 7) is 0.515. The summed E-state index contributed by atoms with van der Waals surface area (Å²) in [5.74, 6) is 0.293. The standard InChI is InChI=1S/C30H28N6O6/c1-40-25-11-8-20-12-26(25)41-16-28(37)32-13-19-6-9-21(10-7-19)42-27-15-35(14-23(27)34-29(20)38)30(39)22-4-2-3-5-24(22)36-18-31-17-33-36/h2-12,17-18,23,27H,13-16H2,1H3,(H,32,37)(H,34,38)/t23-,27-/m0/s1. The van der Waals surface area contributed by atoms with Gasteiger partial charge in [-0.05, 0) is 48.0 Å². The second kappa shape index (κ2) is 11.6. The molecule has 1 fully saturated rings. The van der Waals surface area contributed by atoms with E-state index in [1.165, 1.54) is 25.8 Å². The number of amides is 3. The van der Waals surface area contributed by atoms with E-state index in [0.29, 0.717) is 34.9 Å². The van der Waals surface area contributed by atoms with Crippen molar-refractivity contribution < 1.29 is 28.6 Å². The van der Waals surface area contributed by atoms with Crippen molar-refractivity contribution in [3.8, 4) is 22.9 Å². The summed E-state index contributed by atoms with van der Waals surface area (Å²) in [5, 5.41) is 10.0. The molecule has 3 aromatic carbocycles. The number of likely N-dealkylation sites (tertiary alicyclic amines) is 1. The fourth-order valence-corrected chi connectivity index (χ4v) is 4.99. The van der Waals surface area contributed by atoms with E-state index in [2.05, 4.69) is 20.7 Å². The van der Waals surface area contributed by atoms with Crippen LogP contribution in [-0.4, -0.2) is 76.3 Å². The number of aromatic nitrogens is 3. The van der Waals surface area contributed by atoms with Gasteiger partial charge in [0, 0.05) is 18.7 Å². The van der Waals surface area contributed by atoms with Crippen molar-refractivity contribution in [1.82, 2.24) is 30.3 Å². The average Bonchev–Trinajstić information content (AvgIpc) is 3.69. The highest BCUT2D eigenvalue weighted by Gasteiger charge is 2.39. The number of benzene rings is 3. The Morgan fingerprint density at radius 1 is 1.05 bits per heavy atom. The fourth-order valence-electron chi connectivity index (χ4n) is 4.99. The lowest BCUT2D eigenvalue weighted by Crippen LogP contribution is -2.45. The van der Waals surface area contributed by atoms with Crippen LogP contribution in [-0.2, 0) is 11.3 Å². The molecule has 2 N–H and O–H groups in total. The van der Waals surface area contributed by atoms with Crippen molar-refractivity contribution >= 4 is 17.7 Å². The lowest BCUT2D eigenvalue weighted by atomic mass is 10.1. The number of hydrogen-bond acceptors (Lipinski definition) is 8. The molecule has 214 valence electrons. The van der Waals surface area contributed by atoms with Crippen LogP contribution in [0.2, 0.25) is 0 Å². The summed E-state index contributed by atoms with van der Waals surface area (Å²) in [7, 11) is 1.48. The number of fused-ring (bicyclic) bond motifs is 7. The number of nitrogens with zero attached hydrogens (tertiary/aromatic N) is 4. The summed E-state index contributed by atoms with van der Waals surface area (Å²) in [6, 6.07) is 18.7. The molecule has 3 aliphatic rings. The molecule has 0 aliphatic carbocycles. The third-order valence-electron chi connectivity index (χ3n) is 7.16.